The number of carbonyl (C=O) groups excluding carboxylic acids is 1. The number of aldehydes is 1. The summed E-state index contributed by atoms with van der Waals surface area (Å²) >= 11 is 0. The Morgan fingerprint density at radius 3 is 2.63 bits per heavy atom. The molecule has 0 bridgehead atoms. The van der Waals surface area contributed by atoms with Crippen molar-refractivity contribution >= 4 is 12.0 Å². The highest BCUT2D eigenvalue weighted by molar-refractivity contribution is 5.86. The largest absolute Gasteiger partial charge is 0.387 e. The zero-order chi connectivity index (χ0) is 20.3. The molecular formula is C23H27FN2O. The lowest BCUT2D eigenvalue weighted by atomic mass is 9.74. The Labute approximate surface area is 161 Å². The third-order valence-electron chi connectivity index (χ3n) is 5.40. The van der Waals surface area contributed by atoms with Gasteiger partial charge in [0.15, 0.2) is 6.29 Å². The molecule has 0 heterocycles. The number of hydrogen-bond donors (Lipinski definition) is 1. The van der Waals surface area contributed by atoms with Gasteiger partial charge in [-0.05, 0) is 54.4 Å². The molecule has 0 aromatic heterocycles. The number of nitrogens with zero attached hydrogens (tertiary/aromatic N) is 1. The van der Waals surface area contributed by atoms with Crippen LogP contribution in [0.1, 0.15) is 43.0 Å². The lowest BCUT2D eigenvalue weighted by Gasteiger charge is -2.33. The molecule has 0 saturated heterocycles. The number of hydrogen-bond acceptors (Lipinski definition) is 3. The van der Waals surface area contributed by atoms with Crippen molar-refractivity contribution in [2.24, 2.45) is 11.8 Å². The molecule has 1 N–H and O–H groups in total. The van der Waals surface area contributed by atoms with E-state index in [0.29, 0.717) is 24.0 Å². The van der Waals surface area contributed by atoms with Crippen LogP contribution in [-0.4, -0.2) is 13.3 Å². The molecule has 0 radical (unpaired) electrons. The molecule has 4 heteroatoms. The molecule has 1 aliphatic carbocycles. The van der Waals surface area contributed by atoms with Crippen LogP contribution in [-0.2, 0) is 17.6 Å². The molecule has 1 aliphatic rings. The standard InChI is InChI=1S/C23H27FN2O/c1-7-16-9-17-10-18(13(2)3)21(22(24)20(12-27)15(5)11-25)23(26-6)19(17)8-14(16)4/h8-9,12-13,18,26H,5,7,10H2,1-4,6H3/b22-20-. The first-order chi connectivity index (χ1) is 12.8. The fraction of sp³-hybridized carbons (Fsp3) is 0.391. The van der Waals surface area contributed by atoms with Crippen molar-refractivity contribution in [2.75, 3.05) is 7.05 Å². The van der Waals surface area contributed by atoms with Crippen LogP contribution in [0.4, 0.5) is 4.39 Å². The minimum atomic E-state index is -0.650. The monoisotopic (exact) mass is 366 g/mol. The number of nitriles is 1. The molecule has 2 rings (SSSR count). The third kappa shape index (κ3) is 3.73. The first-order valence-electron chi connectivity index (χ1n) is 9.29. The van der Waals surface area contributed by atoms with Crippen molar-refractivity contribution in [3.05, 3.63) is 63.5 Å². The number of benzene rings is 1. The Morgan fingerprint density at radius 1 is 1.48 bits per heavy atom. The van der Waals surface area contributed by atoms with Crippen molar-refractivity contribution in [2.45, 2.75) is 40.5 Å². The number of fused-ring (bicyclic) bond motifs is 1. The van der Waals surface area contributed by atoms with Crippen LogP contribution in [0.15, 0.2) is 41.3 Å². The number of rotatable bonds is 6. The van der Waals surface area contributed by atoms with E-state index in [1.54, 1.807) is 13.1 Å². The predicted molar refractivity (Wildman–Crippen MR) is 108 cm³/mol. The van der Waals surface area contributed by atoms with Crippen LogP contribution in [0.25, 0.3) is 5.70 Å². The molecule has 0 aliphatic heterocycles. The zero-order valence-corrected chi connectivity index (χ0v) is 16.7. The molecule has 0 fully saturated rings. The molecule has 1 aromatic carbocycles. The Morgan fingerprint density at radius 2 is 2.15 bits per heavy atom. The number of allylic oxidation sites excluding steroid dienone is 4. The van der Waals surface area contributed by atoms with Crippen LogP contribution >= 0.6 is 0 Å². The summed E-state index contributed by atoms with van der Waals surface area (Å²) in [6.45, 7) is 11.8. The van der Waals surface area contributed by atoms with Crippen LogP contribution in [0.3, 0.4) is 0 Å². The summed E-state index contributed by atoms with van der Waals surface area (Å²) in [5.41, 5.74) is 5.31. The Hall–Kier alpha value is -2.67. The maximum Gasteiger partial charge on any atom is 0.154 e. The number of halogens is 1. The Bertz CT molecular complexity index is 884. The molecule has 142 valence electrons. The maximum atomic E-state index is 15.5. The van der Waals surface area contributed by atoms with E-state index in [1.807, 2.05) is 13.8 Å². The van der Waals surface area contributed by atoms with Gasteiger partial charge in [0.1, 0.15) is 5.83 Å². The second-order valence-corrected chi connectivity index (χ2v) is 7.32. The van der Waals surface area contributed by atoms with E-state index in [0.717, 1.165) is 17.5 Å². The van der Waals surface area contributed by atoms with Gasteiger partial charge >= 0.3 is 0 Å². The molecule has 1 atom stereocenters. The summed E-state index contributed by atoms with van der Waals surface area (Å²) in [5, 5.41) is 12.2. The van der Waals surface area contributed by atoms with Gasteiger partial charge in [-0.15, -0.1) is 0 Å². The minimum Gasteiger partial charge on any atom is -0.387 e. The van der Waals surface area contributed by atoms with E-state index in [2.05, 4.69) is 37.9 Å². The van der Waals surface area contributed by atoms with Crippen molar-refractivity contribution in [3.8, 4) is 6.07 Å². The lowest BCUT2D eigenvalue weighted by Crippen LogP contribution is -2.26. The summed E-state index contributed by atoms with van der Waals surface area (Å²) in [6, 6.07) is 6.09. The van der Waals surface area contributed by atoms with E-state index in [1.165, 1.54) is 11.1 Å². The van der Waals surface area contributed by atoms with E-state index in [9.17, 15) is 4.79 Å². The topological polar surface area (TPSA) is 52.9 Å². The highest BCUT2D eigenvalue weighted by Gasteiger charge is 2.33. The Kier molecular flexibility index (Phi) is 6.38. The van der Waals surface area contributed by atoms with E-state index in [-0.39, 0.29) is 23.0 Å². The molecular weight excluding hydrogens is 339 g/mol. The minimum absolute atomic E-state index is 0.103. The second-order valence-electron chi connectivity index (χ2n) is 7.32. The summed E-state index contributed by atoms with van der Waals surface area (Å²) in [4.78, 5) is 11.5. The van der Waals surface area contributed by atoms with Gasteiger partial charge in [-0.25, -0.2) is 4.39 Å². The normalized spacial score (nSPS) is 17.2. The summed E-state index contributed by atoms with van der Waals surface area (Å²) in [6.07, 6.45) is 2.03. The predicted octanol–water partition coefficient (Wildman–Crippen LogP) is 4.82. The summed E-state index contributed by atoms with van der Waals surface area (Å²) in [5.74, 6) is -0.590. The van der Waals surface area contributed by atoms with Gasteiger partial charge in [0, 0.05) is 23.9 Å². The van der Waals surface area contributed by atoms with Gasteiger partial charge in [-0.3, -0.25) is 4.79 Å². The van der Waals surface area contributed by atoms with Gasteiger partial charge in [-0.1, -0.05) is 33.4 Å². The van der Waals surface area contributed by atoms with Gasteiger partial charge < -0.3 is 5.32 Å². The van der Waals surface area contributed by atoms with Crippen LogP contribution in [0.2, 0.25) is 0 Å². The Balaban J connectivity index is 2.86. The SMILES string of the molecule is C=C(C#N)/C(C=O)=C(\F)C1=C(NC)c2cc(C)c(CC)cc2CC1C(C)C. The van der Waals surface area contributed by atoms with Gasteiger partial charge in [0.2, 0.25) is 0 Å². The van der Waals surface area contributed by atoms with Gasteiger partial charge in [-0.2, -0.15) is 5.26 Å². The molecule has 3 nitrogen and oxygen atoms in total. The average molecular weight is 366 g/mol. The van der Waals surface area contributed by atoms with E-state index < -0.39 is 5.83 Å². The van der Waals surface area contributed by atoms with E-state index >= 15 is 4.39 Å². The molecule has 27 heavy (non-hydrogen) atoms. The quantitative estimate of drug-likeness (QED) is 0.340. The van der Waals surface area contributed by atoms with Crippen molar-refractivity contribution < 1.29 is 9.18 Å². The average Bonchev–Trinajstić information content (AvgIpc) is 2.65. The zero-order valence-electron chi connectivity index (χ0n) is 16.7. The third-order valence-corrected chi connectivity index (χ3v) is 5.40. The second kappa shape index (κ2) is 8.35. The smallest absolute Gasteiger partial charge is 0.154 e. The molecule has 0 spiro atoms. The first-order valence-corrected chi connectivity index (χ1v) is 9.29. The van der Waals surface area contributed by atoms with Crippen LogP contribution in [0, 0.1) is 30.1 Å². The highest BCUT2D eigenvalue weighted by atomic mass is 19.1. The van der Waals surface area contributed by atoms with Crippen molar-refractivity contribution in [3.63, 3.8) is 0 Å². The molecule has 0 saturated carbocycles. The van der Waals surface area contributed by atoms with Crippen molar-refractivity contribution in [1.29, 1.82) is 5.26 Å². The summed E-state index contributed by atoms with van der Waals surface area (Å²) < 4.78 is 15.5. The fourth-order valence-electron chi connectivity index (χ4n) is 3.83. The fourth-order valence-corrected chi connectivity index (χ4v) is 3.83. The van der Waals surface area contributed by atoms with Gasteiger partial charge in [0.25, 0.3) is 0 Å². The molecule has 0 amide bonds. The van der Waals surface area contributed by atoms with Gasteiger partial charge in [0.05, 0.1) is 17.2 Å². The molecule has 1 unspecified atom stereocenters. The summed E-state index contributed by atoms with van der Waals surface area (Å²) in [7, 11) is 1.76. The molecule has 1 aromatic rings. The number of aryl methyl sites for hydroxylation is 2. The van der Waals surface area contributed by atoms with Crippen LogP contribution in [0.5, 0.6) is 0 Å². The first kappa shape index (κ1) is 20.6. The highest BCUT2D eigenvalue weighted by Crippen LogP contribution is 2.43. The van der Waals surface area contributed by atoms with E-state index in [4.69, 9.17) is 5.26 Å². The maximum absolute atomic E-state index is 15.5. The van der Waals surface area contributed by atoms with Crippen molar-refractivity contribution in [1.82, 2.24) is 5.32 Å². The van der Waals surface area contributed by atoms with Crippen LogP contribution < -0.4 is 5.32 Å². The lowest BCUT2D eigenvalue weighted by molar-refractivity contribution is -0.104. The number of nitrogens with one attached hydrogen (secondary N) is 1. The number of carbonyl (C=O) groups is 1.